The standard InChI is InChI=1S/C17H36N2/c1-5-13-17(3,14-18-6-2)15-19(4)16-11-9-7-8-10-12-16/h16,18H,5-15H2,1-4H3. The molecule has 0 aliphatic heterocycles. The normalized spacial score (nSPS) is 21.3. The number of nitrogens with one attached hydrogen (secondary N) is 1. The Morgan fingerprint density at radius 2 is 1.74 bits per heavy atom. The van der Waals surface area contributed by atoms with E-state index in [1.165, 1.54) is 57.9 Å². The Morgan fingerprint density at radius 1 is 1.11 bits per heavy atom. The van der Waals surface area contributed by atoms with Crippen LogP contribution in [0.15, 0.2) is 0 Å². The molecule has 19 heavy (non-hydrogen) atoms. The molecule has 0 aromatic heterocycles. The Labute approximate surface area is 121 Å². The molecule has 0 amide bonds. The first-order valence-electron chi connectivity index (χ1n) is 8.52. The zero-order valence-corrected chi connectivity index (χ0v) is 13.8. The average molecular weight is 268 g/mol. The van der Waals surface area contributed by atoms with Crippen molar-refractivity contribution in [1.82, 2.24) is 10.2 Å². The first kappa shape index (κ1) is 17.0. The molecule has 0 spiro atoms. The van der Waals surface area contributed by atoms with Crippen LogP contribution in [-0.4, -0.2) is 37.6 Å². The molecule has 1 aliphatic rings. The van der Waals surface area contributed by atoms with Gasteiger partial charge in [0.1, 0.15) is 0 Å². The maximum atomic E-state index is 3.57. The lowest BCUT2D eigenvalue weighted by atomic mass is 9.84. The highest BCUT2D eigenvalue weighted by molar-refractivity contribution is 4.83. The third-order valence-electron chi connectivity index (χ3n) is 4.73. The van der Waals surface area contributed by atoms with E-state index in [2.05, 4.69) is 38.0 Å². The predicted molar refractivity (Wildman–Crippen MR) is 85.7 cm³/mol. The summed E-state index contributed by atoms with van der Waals surface area (Å²) < 4.78 is 0. The third-order valence-corrected chi connectivity index (χ3v) is 4.73. The molecule has 1 rings (SSSR count). The molecular weight excluding hydrogens is 232 g/mol. The average Bonchev–Trinajstić information content (AvgIpc) is 2.65. The van der Waals surface area contributed by atoms with Crippen LogP contribution in [0.1, 0.15) is 72.1 Å². The largest absolute Gasteiger partial charge is 0.316 e. The lowest BCUT2D eigenvalue weighted by molar-refractivity contribution is 0.127. The lowest BCUT2D eigenvalue weighted by Gasteiger charge is -2.37. The number of hydrogen-bond donors (Lipinski definition) is 1. The van der Waals surface area contributed by atoms with Gasteiger partial charge in [-0.1, -0.05) is 52.9 Å². The van der Waals surface area contributed by atoms with E-state index in [0.717, 1.165) is 19.1 Å². The smallest absolute Gasteiger partial charge is 0.00924 e. The van der Waals surface area contributed by atoms with Gasteiger partial charge in [0, 0.05) is 19.1 Å². The van der Waals surface area contributed by atoms with Gasteiger partial charge < -0.3 is 10.2 Å². The van der Waals surface area contributed by atoms with Crippen LogP contribution < -0.4 is 5.32 Å². The fraction of sp³-hybridized carbons (Fsp3) is 1.00. The Bertz CT molecular complexity index is 221. The molecular formula is C17H36N2. The molecule has 2 heteroatoms. The third kappa shape index (κ3) is 6.27. The molecule has 0 aromatic rings. The van der Waals surface area contributed by atoms with E-state index >= 15 is 0 Å². The van der Waals surface area contributed by atoms with Crippen molar-refractivity contribution in [3.63, 3.8) is 0 Å². The molecule has 1 atom stereocenters. The molecule has 1 unspecified atom stereocenters. The zero-order chi connectivity index (χ0) is 14.1. The van der Waals surface area contributed by atoms with Crippen LogP contribution in [0.2, 0.25) is 0 Å². The summed E-state index contributed by atoms with van der Waals surface area (Å²) in [6.45, 7) is 10.5. The summed E-state index contributed by atoms with van der Waals surface area (Å²) >= 11 is 0. The van der Waals surface area contributed by atoms with Crippen LogP contribution in [-0.2, 0) is 0 Å². The van der Waals surface area contributed by atoms with Crippen molar-refractivity contribution in [1.29, 1.82) is 0 Å². The minimum atomic E-state index is 0.436. The highest BCUT2D eigenvalue weighted by Gasteiger charge is 2.27. The molecule has 1 aliphatic carbocycles. The summed E-state index contributed by atoms with van der Waals surface area (Å²) in [5, 5.41) is 3.57. The van der Waals surface area contributed by atoms with Gasteiger partial charge in [-0.05, 0) is 38.3 Å². The summed E-state index contributed by atoms with van der Waals surface area (Å²) in [6.07, 6.45) is 11.2. The fourth-order valence-corrected chi connectivity index (χ4v) is 3.68. The molecule has 114 valence electrons. The molecule has 1 N–H and O–H groups in total. The van der Waals surface area contributed by atoms with Gasteiger partial charge in [-0.2, -0.15) is 0 Å². The second-order valence-corrected chi connectivity index (χ2v) is 6.90. The summed E-state index contributed by atoms with van der Waals surface area (Å²) in [5.41, 5.74) is 0.436. The van der Waals surface area contributed by atoms with Crippen LogP contribution in [0.25, 0.3) is 0 Å². The summed E-state index contributed by atoms with van der Waals surface area (Å²) in [4.78, 5) is 2.66. The molecule has 0 bridgehead atoms. The van der Waals surface area contributed by atoms with E-state index in [1.807, 2.05) is 0 Å². The summed E-state index contributed by atoms with van der Waals surface area (Å²) in [7, 11) is 2.36. The SMILES string of the molecule is CCCC(C)(CNCC)CN(C)C1CCCCCC1. The lowest BCUT2D eigenvalue weighted by Crippen LogP contribution is -2.44. The van der Waals surface area contributed by atoms with Gasteiger partial charge in [0.25, 0.3) is 0 Å². The summed E-state index contributed by atoms with van der Waals surface area (Å²) in [5.74, 6) is 0. The van der Waals surface area contributed by atoms with Gasteiger partial charge in [-0.25, -0.2) is 0 Å². The highest BCUT2D eigenvalue weighted by atomic mass is 15.1. The van der Waals surface area contributed by atoms with Crippen LogP contribution in [0.3, 0.4) is 0 Å². The van der Waals surface area contributed by atoms with Gasteiger partial charge in [-0.15, -0.1) is 0 Å². The van der Waals surface area contributed by atoms with E-state index in [1.54, 1.807) is 0 Å². The van der Waals surface area contributed by atoms with E-state index in [0.29, 0.717) is 5.41 Å². The molecule has 1 fully saturated rings. The predicted octanol–water partition coefficient (Wildman–Crippen LogP) is 4.06. The van der Waals surface area contributed by atoms with E-state index in [9.17, 15) is 0 Å². The zero-order valence-electron chi connectivity index (χ0n) is 13.8. The second kappa shape index (κ2) is 8.97. The Balaban J connectivity index is 2.50. The molecule has 0 aromatic carbocycles. The second-order valence-electron chi connectivity index (χ2n) is 6.90. The van der Waals surface area contributed by atoms with Crippen molar-refractivity contribution in [2.24, 2.45) is 5.41 Å². The van der Waals surface area contributed by atoms with Crippen molar-refractivity contribution in [3.05, 3.63) is 0 Å². The van der Waals surface area contributed by atoms with Gasteiger partial charge in [0.05, 0.1) is 0 Å². The minimum absolute atomic E-state index is 0.436. The van der Waals surface area contributed by atoms with E-state index in [4.69, 9.17) is 0 Å². The Hall–Kier alpha value is -0.0800. The van der Waals surface area contributed by atoms with Crippen LogP contribution >= 0.6 is 0 Å². The molecule has 1 saturated carbocycles. The van der Waals surface area contributed by atoms with Crippen molar-refractivity contribution in [2.75, 3.05) is 26.7 Å². The van der Waals surface area contributed by atoms with Gasteiger partial charge >= 0.3 is 0 Å². The van der Waals surface area contributed by atoms with Crippen molar-refractivity contribution >= 4 is 0 Å². The molecule has 0 saturated heterocycles. The van der Waals surface area contributed by atoms with Crippen molar-refractivity contribution in [2.45, 2.75) is 78.2 Å². The Morgan fingerprint density at radius 3 is 2.26 bits per heavy atom. The van der Waals surface area contributed by atoms with Gasteiger partial charge in [-0.3, -0.25) is 0 Å². The highest BCUT2D eigenvalue weighted by Crippen LogP contribution is 2.27. The quantitative estimate of drug-likeness (QED) is 0.668. The Kier molecular flexibility index (Phi) is 8.01. The fourth-order valence-electron chi connectivity index (χ4n) is 3.68. The van der Waals surface area contributed by atoms with Crippen LogP contribution in [0.5, 0.6) is 0 Å². The first-order chi connectivity index (χ1) is 9.11. The maximum absolute atomic E-state index is 3.57. The van der Waals surface area contributed by atoms with Crippen molar-refractivity contribution < 1.29 is 0 Å². The number of hydrogen-bond acceptors (Lipinski definition) is 2. The topological polar surface area (TPSA) is 15.3 Å². The molecule has 2 nitrogen and oxygen atoms in total. The van der Waals surface area contributed by atoms with Gasteiger partial charge in [0.15, 0.2) is 0 Å². The number of nitrogens with zero attached hydrogens (tertiary/aromatic N) is 1. The van der Waals surface area contributed by atoms with Gasteiger partial charge in [0.2, 0.25) is 0 Å². The monoisotopic (exact) mass is 268 g/mol. The first-order valence-corrected chi connectivity index (χ1v) is 8.52. The number of rotatable bonds is 8. The van der Waals surface area contributed by atoms with Crippen molar-refractivity contribution in [3.8, 4) is 0 Å². The van der Waals surface area contributed by atoms with E-state index < -0.39 is 0 Å². The minimum Gasteiger partial charge on any atom is -0.316 e. The maximum Gasteiger partial charge on any atom is 0.00924 e. The molecule has 0 heterocycles. The van der Waals surface area contributed by atoms with Crippen LogP contribution in [0.4, 0.5) is 0 Å². The summed E-state index contributed by atoms with van der Waals surface area (Å²) in [6, 6.07) is 0.834. The molecule has 0 radical (unpaired) electrons. The van der Waals surface area contributed by atoms with Crippen LogP contribution in [0, 0.1) is 5.41 Å². The van der Waals surface area contributed by atoms with E-state index in [-0.39, 0.29) is 0 Å².